The normalized spacial score (nSPS) is 11.6. The zero-order chi connectivity index (χ0) is 19.1. The summed E-state index contributed by atoms with van der Waals surface area (Å²) < 4.78 is 10.4. The molecule has 0 radical (unpaired) electrons. The van der Waals surface area contributed by atoms with Gasteiger partial charge in [-0.15, -0.1) is 0 Å². The second kappa shape index (κ2) is 9.05. The van der Waals surface area contributed by atoms with Crippen molar-refractivity contribution in [2.45, 2.75) is 12.5 Å². The van der Waals surface area contributed by atoms with Crippen LogP contribution in [0.2, 0.25) is 5.02 Å². The van der Waals surface area contributed by atoms with Crippen LogP contribution in [0.1, 0.15) is 27.8 Å². The predicted molar refractivity (Wildman–Crippen MR) is 101 cm³/mol. The monoisotopic (exact) mass is 383 g/mol. The molecule has 1 aromatic heterocycles. The number of rotatable bonds is 7. The van der Waals surface area contributed by atoms with E-state index in [4.69, 9.17) is 20.8 Å². The highest BCUT2D eigenvalue weighted by Crippen LogP contribution is 2.22. The van der Waals surface area contributed by atoms with Gasteiger partial charge in [-0.1, -0.05) is 54.1 Å². The second-order valence-corrected chi connectivity index (χ2v) is 6.28. The molecular formula is C21H18ClNO4. The van der Waals surface area contributed by atoms with Crippen LogP contribution in [0.3, 0.4) is 0 Å². The third-order valence-corrected chi connectivity index (χ3v) is 4.17. The van der Waals surface area contributed by atoms with Crippen molar-refractivity contribution in [2.75, 3.05) is 6.54 Å². The molecule has 0 aliphatic rings. The number of halogens is 1. The van der Waals surface area contributed by atoms with E-state index in [1.54, 1.807) is 30.3 Å². The second-order valence-electron chi connectivity index (χ2n) is 5.84. The van der Waals surface area contributed by atoms with Gasteiger partial charge in [-0.05, 0) is 36.2 Å². The molecule has 2 aromatic carbocycles. The van der Waals surface area contributed by atoms with E-state index >= 15 is 0 Å². The molecule has 0 saturated carbocycles. The van der Waals surface area contributed by atoms with Crippen molar-refractivity contribution >= 4 is 23.5 Å². The fraction of sp³-hybridized carbons (Fsp3) is 0.143. The first-order valence-electron chi connectivity index (χ1n) is 8.45. The minimum absolute atomic E-state index is 0.0334. The van der Waals surface area contributed by atoms with Crippen LogP contribution in [-0.4, -0.2) is 18.4 Å². The van der Waals surface area contributed by atoms with Crippen LogP contribution in [0.15, 0.2) is 77.4 Å². The molecule has 1 heterocycles. The Morgan fingerprint density at radius 1 is 1.00 bits per heavy atom. The summed E-state index contributed by atoms with van der Waals surface area (Å²) in [5.74, 6) is -1.09. The van der Waals surface area contributed by atoms with Crippen LogP contribution in [-0.2, 0) is 16.0 Å². The molecule has 1 N–H and O–H groups in total. The van der Waals surface area contributed by atoms with Gasteiger partial charge in [0.05, 0.1) is 6.26 Å². The molecular weight excluding hydrogens is 366 g/mol. The Labute approximate surface area is 161 Å². The Kier molecular flexibility index (Phi) is 6.28. The first kappa shape index (κ1) is 18.7. The van der Waals surface area contributed by atoms with E-state index in [-0.39, 0.29) is 5.76 Å². The number of ether oxygens (including phenoxy) is 1. The standard InChI is InChI=1S/C21H18ClNO4/c22-17-10-8-16(9-11-17)19(27-21(25)18-7-4-14-26-18)20(24)23-13-12-15-5-2-1-3-6-15/h1-11,14,19H,12-13H2,(H,23,24)/t19-/m1/s1. The first-order valence-corrected chi connectivity index (χ1v) is 8.83. The highest BCUT2D eigenvalue weighted by Gasteiger charge is 2.26. The van der Waals surface area contributed by atoms with Crippen LogP contribution >= 0.6 is 11.6 Å². The molecule has 27 heavy (non-hydrogen) atoms. The fourth-order valence-electron chi connectivity index (χ4n) is 2.54. The summed E-state index contributed by atoms with van der Waals surface area (Å²) in [7, 11) is 0. The maximum absolute atomic E-state index is 12.7. The molecule has 138 valence electrons. The lowest BCUT2D eigenvalue weighted by Crippen LogP contribution is -2.33. The lowest BCUT2D eigenvalue weighted by Gasteiger charge is -2.17. The van der Waals surface area contributed by atoms with E-state index in [9.17, 15) is 9.59 Å². The lowest BCUT2D eigenvalue weighted by atomic mass is 10.1. The summed E-state index contributed by atoms with van der Waals surface area (Å²) >= 11 is 5.91. The molecule has 5 nitrogen and oxygen atoms in total. The van der Waals surface area contributed by atoms with Crippen molar-refractivity contribution in [2.24, 2.45) is 0 Å². The zero-order valence-electron chi connectivity index (χ0n) is 14.4. The summed E-state index contributed by atoms with van der Waals surface area (Å²) in [4.78, 5) is 24.9. The number of benzene rings is 2. The molecule has 3 aromatic rings. The maximum atomic E-state index is 12.7. The van der Waals surface area contributed by atoms with Gasteiger partial charge in [-0.3, -0.25) is 4.79 Å². The van der Waals surface area contributed by atoms with Gasteiger partial charge in [0.15, 0.2) is 0 Å². The predicted octanol–water partition coefficient (Wildman–Crippen LogP) is 4.19. The van der Waals surface area contributed by atoms with Gasteiger partial charge in [-0.2, -0.15) is 0 Å². The minimum atomic E-state index is -1.10. The van der Waals surface area contributed by atoms with Crippen LogP contribution in [0.25, 0.3) is 0 Å². The highest BCUT2D eigenvalue weighted by molar-refractivity contribution is 6.30. The molecule has 0 aliphatic heterocycles. The van der Waals surface area contributed by atoms with Gasteiger partial charge in [0.2, 0.25) is 11.9 Å². The summed E-state index contributed by atoms with van der Waals surface area (Å²) in [6, 6.07) is 19.4. The molecule has 1 atom stereocenters. The van der Waals surface area contributed by atoms with Crippen molar-refractivity contribution in [3.8, 4) is 0 Å². The zero-order valence-corrected chi connectivity index (χ0v) is 15.2. The Hall–Kier alpha value is -3.05. The van der Waals surface area contributed by atoms with Crippen LogP contribution < -0.4 is 5.32 Å². The first-order chi connectivity index (χ1) is 13.1. The number of hydrogen-bond donors (Lipinski definition) is 1. The molecule has 0 unspecified atom stereocenters. The summed E-state index contributed by atoms with van der Waals surface area (Å²) in [5, 5.41) is 3.34. The average molecular weight is 384 g/mol. The van der Waals surface area contributed by atoms with E-state index in [0.717, 1.165) is 5.56 Å². The van der Waals surface area contributed by atoms with Crippen molar-refractivity contribution < 1.29 is 18.7 Å². The summed E-state index contributed by atoms with van der Waals surface area (Å²) in [6.07, 6.45) is 0.940. The van der Waals surface area contributed by atoms with Crippen molar-refractivity contribution in [3.63, 3.8) is 0 Å². The van der Waals surface area contributed by atoms with Gasteiger partial charge < -0.3 is 14.5 Å². The van der Waals surface area contributed by atoms with E-state index < -0.39 is 18.0 Å². The Morgan fingerprint density at radius 2 is 1.74 bits per heavy atom. The van der Waals surface area contributed by atoms with E-state index in [1.807, 2.05) is 30.3 Å². The third kappa shape index (κ3) is 5.21. The smallest absolute Gasteiger partial charge is 0.375 e. The number of hydrogen-bond acceptors (Lipinski definition) is 4. The number of nitrogens with one attached hydrogen (secondary N) is 1. The molecule has 3 rings (SSSR count). The van der Waals surface area contributed by atoms with Crippen LogP contribution in [0, 0.1) is 0 Å². The number of esters is 1. The van der Waals surface area contributed by atoms with E-state index in [2.05, 4.69) is 5.32 Å². The van der Waals surface area contributed by atoms with Gasteiger partial charge in [0.25, 0.3) is 5.91 Å². The van der Waals surface area contributed by atoms with Crippen LogP contribution in [0.4, 0.5) is 0 Å². The topological polar surface area (TPSA) is 68.5 Å². The lowest BCUT2D eigenvalue weighted by molar-refractivity contribution is -0.130. The number of carbonyl (C=O) groups excluding carboxylic acids is 2. The highest BCUT2D eigenvalue weighted by atomic mass is 35.5. The summed E-state index contributed by atoms with van der Waals surface area (Å²) in [5.41, 5.74) is 1.63. The SMILES string of the molecule is O=C(O[C@@H](C(=O)NCCc1ccccc1)c1ccc(Cl)cc1)c1ccco1. The van der Waals surface area contributed by atoms with Crippen LogP contribution in [0.5, 0.6) is 0 Å². The number of carbonyl (C=O) groups is 2. The van der Waals surface area contributed by atoms with Gasteiger partial charge in [0.1, 0.15) is 0 Å². The van der Waals surface area contributed by atoms with Gasteiger partial charge in [0, 0.05) is 17.1 Å². The quantitative estimate of drug-likeness (QED) is 0.621. The molecule has 1 amide bonds. The molecule has 0 spiro atoms. The van der Waals surface area contributed by atoms with E-state index in [1.165, 1.54) is 12.3 Å². The van der Waals surface area contributed by atoms with Gasteiger partial charge in [-0.25, -0.2) is 4.79 Å². The average Bonchev–Trinajstić information content (AvgIpc) is 3.22. The van der Waals surface area contributed by atoms with E-state index in [0.29, 0.717) is 23.6 Å². The molecule has 6 heteroatoms. The Balaban J connectivity index is 1.69. The largest absolute Gasteiger partial charge is 0.457 e. The van der Waals surface area contributed by atoms with Crippen molar-refractivity contribution in [3.05, 3.63) is 94.9 Å². The number of amides is 1. The van der Waals surface area contributed by atoms with Crippen molar-refractivity contribution in [1.29, 1.82) is 0 Å². The van der Waals surface area contributed by atoms with Crippen molar-refractivity contribution in [1.82, 2.24) is 5.32 Å². The molecule has 0 fully saturated rings. The summed E-state index contributed by atoms with van der Waals surface area (Å²) in [6.45, 7) is 0.422. The third-order valence-electron chi connectivity index (χ3n) is 3.91. The molecule has 0 bridgehead atoms. The Morgan fingerprint density at radius 3 is 2.41 bits per heavy atom. The maximum Gasteiger partial charge on any atom is 0.375 e. The molecule has 0 aliphatic carbocycles. The minimum Gasteiger partial charge on any atom is -0.457 e. The molecule has 0 saturated heterocycles. The Bertz CT molecular complexity index is 876. The number of furan rings is 1. The van der Waals surface area contributed by atoms with Gasteiger partial charge >= 0.3 is 5.97 Å². The fourth-order valence-corrected chi connectivity index (χ4v) is 2.66.